The fraction of sp³-hybridized carbons (Fsp3) is 0.444. The number of sulfonamides is 1. The first-order valence-electron chi connectivity index (χ1n) is 9.20. The minimum atomic E-state index is -3.48. The highest BCUT2D eigenvalue weighted by Crippen LogP contribution is 2.24. The van der Waals surface area contributed by atoms with Crippen molar-refractivity contribution in [1.29, 1.82) is 0 Å². The van der Waals surface area contributed by atoms with Gasteiger partial charge in [-0.15, -0.1) is 5.10 Å². The van der Waals surface area contributed by atoms with Crippen LogP contribution in [0.25, 0.3) is 0 Å². The topological polar surface area (TPSA) is 78.9 Å². The molecule has 2 aliphatic heterocycles. The number of morpholine rings is 1. The van der Waals surface area contributed by atoms with Gasteiger partial charge in [-0.05, 0) is 24.3 Å². The molecule has 2 saturated heterocycles. The van der Waals surface area contributed by atoms with Gasteiger partial charge in [-0.25, -0.2) is 8.42 Å². The predicted molar refractivity (Wildman–Crippen MR) is 110 cm³/mol. The largest absolute Gasteiger partial charge is 0.378 e. The number of nitrogens with zero attached hydrogens (tertiary/aromatic N) is 5. The van der Waals surface area contributed by atoms with Gasteiger partial charge in [-0.1, -0.05) is 15.9 Å². The van der Waals surface area contributed by atoms with E-state index in [-0.39, 0.29) is 0 Å². The lowest BCUT2D eigenvalue weighted by Crippen LogP contribution is -2.49. The molecule has 28 heavy (non-hydrogen) atoms. The van der Waals surface area contributed by atoms with E-state index in [2.05, 4.69) is 35.9 Å². The van der Waals surface area contributed by atoms with Crippen molar-refractivity contribution < 1.29 is 13.2 Å². The summed E-state index contributed by atoms with van der Waals surface area (Å²) in [6, 6.07) is 8.77. The Hall–Kier alpha value is -1.75. The highest BCUT2D eigenvalue weighted by atomic mass is 79.9. The van der Waals surface area contributed by atoms with Crippen LogP contribution >= 0.6 is 15.9 Å². The Morgan fingerprint density at radius 1 is 0.929 bits per heavy atom. The molecule has 3 heterocycles. The molecule has 0 N–H and O–H groups in total. The van der Waals surface area contributed by atoms with Crippen molar-refractivity contribution in [3.8, 4) is 0 Å². The van der Waals surface area contributed by atoms with Gasteiger partial charge in [-0.2, -0.15) is 9.40 Å². The van der Waals surface area contributed by atoms with E-state index in [1.807, 2.05) is 6.07 Å². The third-order valence-electron chi connectivity index (χ3n) is 5.02. The summed E-state index contributed by atoms with van der Waals surface area (Å²) >= 11 is 3.34. The third kappa shape index (κ3) is 4.14. The van der Waals surface area contributed by atoms with E-state index >= 15 is 0 Å². The zero-order valence-electron chi connectivity index (χ0n) is 15.4. The Morgan fingerprint density at radius 3 is 2.29 bits per heavy atom. The molecule has 0 unspecified atom stereocenters. The third-order valence-corrected chi connectivity index (χ3v) is 7.46. The van der Waals surface area contributed by atoms with Crippen molar-refractivity contribution in [2.45, 2.75) is 4.90 Å². The summed E-state index contributed by atoms with van der Waals surface area (Å²) in [5, 5.41) is 8.41. The maximum atomic E-state index is 12.8. The second-order valence-electron chi connectivity index (χ2n) is 6.72. The molecule has 2 fully saturated rings. The molecule has 2 aliphatic rings. The average Bonchev–Trinajstić information content (AvgIpc) is 2.75. The highest BCUT2D eigenvalue weighted by molar-refractivity contribution is 9.10. The Bertz CT molecular complexity index is 911. The average molecular weight is 468 g/mol. The van der Waals surface area contributed by atoms with Crippen molar-refractivity contribution >= 4 is 37.5 Å². The molecule has 0 bridgehead atoms. The van der Waals surface area contributed by atoms with Crippen LogP contribution in [0.2, 0.25) is 0 Å². The van der Waals surface area contributed by atoms with Crippen LogP contribution in [-0.4, -0.2) is 75.4 Å². The Morgan fingerprint density at radius 2 is 1.61 bits per heavy atom. The van der Waals surface area contributed by atoms with Gasteiger partial charge in [0.25, 0.3) is 0 Å². The van der Waals surface area contributed by atoms with Crippen LogP contribution in [0, 0.1) is 0 Å². The molecule has 1 aromatic heterocycles. The fourth-order valence-electron chi connectivity index (χ4n) is 3.41. The summed E-state index contributed by atoms with van der Waals surface area (Å²) < 4.78 is 33.5. The SMILES string of the molecule is O=S(=O)(c1ccc(Br)cc1)N1CCN(c2cc(N3CCOCC3)cnn2)CC1. The highest BCUT2D eigenvalue weighted by Gasteiger charge is 2.29. The minimum absolute atomic E-state index is 0.318. The van der Waals surface area contributed by atoms with Crippen molar-refractivity contribution in [3.05, 3.63) is 41.0 Å². The molecule has 0 aliphatic carbocycles. The van der Waals surface area contributed by atoms with Gasteiger partial charge in [0.1, 0.15) is 0 Å². The first-order chi connectivity index (χ1) is 13.5. The van der Waals surface area contributed by atoms with Crippen LogP contribution in [0.4, 0.5) is 11.5 Å². The molecule has 0 amide bonds. The van der Waals surface area contributed by atoms with E-state index in [9.17, 15) is 8.42 Å². The first-order valence-corrected chi connectivity index (χ1v) is 11.4. The molecule has 2 aromatic rings. The molecule has 10 heteroatoms. The van der Waals surface area contributed by atoms with Crippen LogP contribution in [0.15, 0.2) is 45.9 Å². The Balaban J connectivity index is 1.43. The molecule has 0 saturated carbocycles. The number of aromatic nitrogens is 2. The molecular formula is C18H22BrN5O3S. The van der Waals surface area contributed by atoms with Crippen molar-refractivity contribution in [2.75, 3.05) is 62.3 Å². The number of halogens is 1. The molecule has 4 rings (SSSR count). The van der Waals surface area contributed by atoms with E-state index in [0.29, 0.717) is 44.3 Å². The number of hydrogen-bond donors (Lipinski definition) is 0. The lowest BCUT2D eigenvalue weighted by Gasteiger charge is -2.35. The van der Waals surface area contributed by atoms with Gasteiger partial charge < -0.3 is 14.5 Å². The fourth-order valence-corrected chi connectivity index (χ4v) is 5.09. The quantitative estimate of drug-likeness (QED) is 0.675. The lowest BCUT2D eigenvalue weighted by atomic mass is 10.3. The van der Waals surface area contributed by atoms with E-state index in [1.165, 1.54) is 4.31 Å². The van der Waals surface area contributed by atoms with Gasteiger partial charge in [0.2, 0.25) is 10.0 Å². The number of hydrogen-bond acceptors (Lipinski definition) is 7. The van der Waals surface area contributed by atoms with E-state index in [1.54, 1.807) is 30.5 Å². The van der Waals surface area contributed by atoms with Crippen molar-refractivity contribution in [2.24, 2.45) is 0 Å². The molecule has 1 aromatic carbocycles. The van der Waals surface area contributed by atoms with Crippen LogP contribution in [0.1, 0.15) is 0 Å². The lowest BCUT2D eigenvalue weighted by molar-refractivity contribution is 0.122. The number of rotatable bonds is 4. The maximum absolute atomic E-state index is 12.8. The second-order valence-corrected chi connectivity index (χ2v) is 9.57. The van der Waals surface area contributed by atoms with E-state index in [0.717, 1.165) is 29.1 Å². The summed E-state index contributed by atoms with van der Waals surface area (Å²) in [6.45, 7) is 5.10. The molecule has 0 spiro atoms. The van der Waals surface area contributed by atoms with E-state index in [4.69, 9.17) is 4.74 Å². The second kappa shape index (κ2) is 8.32. The summed E-state index contributed by atoms with van der Waals surface area (Å²) in [4.78, 5) is 4.64. The predicted octanol–water partition coefficient (Wildman–Crippen LogP) is 1.59. The zero-order chi connectivity index (χ0) is 19.6. The van der Waals surface area contributed by atoms with Crippen LogP contribution in [0.5, 0.6) is 0 Å². The Kier molecular flexibility index (Phi) is 5.81. The molecule has 150 valence electrons. The number of piperazine rings is 1. The van der Waals surface area contributed by atoms with Gasteiger partial charge in [0.05, 0.1) is 30.0 Å². The standard InChI is InChI=1S/C18H22BrN5O3S/c19-15-1-3-17(4-2-15)28(25,26)24-7-5-23(6-8-24)18-13-16(14-20-21-18)22-9-11-27-12-10-22/h1-4,13-14H,5-12H2. The number of ether oxygens (including phenoxy) is 1. The maximum Gasteiger partial charge on any atom is 0.243 e. The minimum Gasteiger partial charge on any atom is -0.378 e. The summed E-state index contributed by atoms with van der Waals surface area (Å²) in [6.07, 6.45) is 1.77. The Labute approximate surface area is 173 Å². The summed E-state index contributed by atoms with van der Waals surface area (Å²) in [5.74, 6) is 0.782. The molecule has 0 radical (unpaired) electrons. The van der Waals surface area contributed by atoms with Gasteiger partial charge >= 0.3 is 0 Å². The van der Waals surface area contributed by atoms with Gasteiger partial charge in [-0.3, -0.25) is 0 Å². The molecule has 0 atom stereocenters. The molecular weight excluding hydrogens is 446 g/mol. The molecule has 8 nitrogen and oxygen atoms in total. The number of anilines is 2. The summed E-state index contributed by atoms with van der Waals surface area (Å²) in [5.41, 5.74) is 1.03. The zero-order valence-corrected chi connectivity index (χ0v) is 17.8. The van der Waals surface area contributed by atoms with Crippen molar-refractivity contribution in [1.82, 2.24) is 14.5 Å². The van der Waals surface area contributed by atoms with E-state index < -0.39 is 10.0 Å². The first kappa shape index (κ1) is 19.6. The normalized spacial score (nSPS) is 19.0. The monoisotopic (exact) mass is 467 g/mol. The van der Waals surface area contributed by atoms with Crippen LogP contribution < -0.4 is 9.80 Å². The summed E-state index contributed by atoms with van der Waals surface area (Å²) in [7, 11) is -3.48. The van der Waals surface area contributed by atoms with Gasteiger partial charge in [0.15, 0.2) is 5.82 Å². The van der Waals surface area contributed by atoms with Crippen molar-refractivity contribution in [3.63, 3.8) is 0 Å². The van der Waals surface area contributed by atoms with Gasteiger partial charge in [0, 0.05) is 49.8 Å². The number of benzene rings is 1. The smallest absolute Gasteiger partial charge is 0.243 e. The van der Waals surface area contributed by atoms with Crippen LogP contribution in [0.3, 0.4) is 0 Å². The van der Waals surface area contributed by atoms with Crippen LogP contribution in [-0.2, 0) is 14.8 Å².